The molecule has 0 aliphatic heterocycles. The van der Waals surface area contributed by atoms with Crippen LogP contribution in [0.5, 0.6) is 0 Å². The maximum absolute atomic E-state index is 13.3. The fourth-order valence-electron chi connectivity index (χ4n) is 4.08. The molecule has 30 heavy (non-hydrogen) atoms. The molecule has 0 aromatic heterocycles. The number of nitrogens with zero attached hydrogens (tertiary/aromatic N) is 1. The largest absolute Gasteiger partial charge is 0.352 e. The number of aryl methyl sites for hydroxylation is 1. The Morgan fingerprint density at radius 3 is 2.47 bits per heavy atom. The summed E-state index contributed by atoms with van der Waals surface area (Å²) in [5.74, 6) is -0.0960. The molecule has 0 saturated heterocycles. The number of amides is 2. The van der Waals surface area contributed by atoms with Crippen LogP contribution in [0.2, 0.25) is 0 Å². The minimum Gasteiger partial charge on any atom is -0.352 e. The summed E-state index contributed by atoms with van der Waals surface area (Å²) < 4.78 is 0.963. The van der Waals surface area contributed by atoms with E-state index in [0.29, 0.717) is 6.54 Å². The second-order valence-electron chi connectivity index (χ2n) is 8.34. The number of carbonyl (C=O) groups excluding carboxylic acids is 2. The van der Waals surface area contributed by atoms with Crippen molar-refractivity contribution in [2.75, 3.05) is 0 Å². The van der Waals surface area contributed by atoms with Gasteiger partial charge in [-0.3, -0.25) is 9.59 Å². The Morgan fingerprint density at radius 1 is 1.07 bits per heavy atom. The van der Waals surface area contributed by atoms with E-state index in [4.69, 9.17) is 0 Å². The summed E-state index contributed by atoms with van der Waals surface area (Å²) in [6, 6.07) is 15.6. The van der Waals surface area contributed by atoms with Gasteiger partial charge in [0.2, 0.25) is 11.8 Å². The van der Waals surface area contributed by atoms with Crippen LogP contribution in [-0.2, 0) is 22.6 Å². The molecule has 0 heterocycles. The van der Waals surface area contributed by atoms with E-state index in [2.05, 4.69) is 21.2 Å². The molecule has 2 amide bonds. The topological polar surface area (TPSA) is 49.4 Å². The van der Waals surface area contributed by atoms with Crippen LogP contribution in [0, 0.1) is 6.92 Å². The molecule has 2 aromatic carbocycles. The summed E-state index contributed by atoms with van der Waals surface area (Å²) in [7, 11) is 0. The second-order valence-corrected chi connectivity index (χ2v) is 9.25. The molecule has 1 aliphatic carbocycles. The van der Waals surface area contributed by atoms with Gasteiger partial charge in [0.15, 0.2) is 0 Å². The van der Waals surface area contributed by atoms with E-state index in [1.54, 1.807) is 4.90 Å². The highest BCUT2D eigenvalue weighted by Crippen LogP contribution is 2.19. The molecule has 1 aliphatic rings. The average Bonchev–Trinajstić information content (AvgIpc) is 2.72. The van der Waals surface area contributed by atoms with E-state index in [1.165, 1.54) is 6.42 Å². The monoisotopic (exact) mass is 470 g/mol. The number of hydrogen-bond donors (Lipinski definition) is 1. The molecule has 160 valence electrons. The molecular formula is C25H31BrN2O2. The molecular weight excluding hydrogens is 440 g/mol. The second kappa shape index (κ2) is 10.8. The van der Waals surface area contributed by atoms with Crippen LogP contribution in [0.15, 0.2) is 53.0 Å². The van der Waals surface area contributed by atoms with Crippen molar-refractivity contribution in [2.45, 2.75) is 71.0 Å². The van der Waals surface area contributed by atoms with Crippen molar-refractivity contribution in [1.82, 2.24) is 10.2 Å². The maximum Gasteiger partial charge on any atom is 0.242 e. The fourth-order valence-corrected chi connectivity index (χ4v) is 4.53. The van der Waals surface area contributed by atoms with Crippen molar-refractivity contribution in [2.24, 2.45) is 0 Å². The highest BCUT2D eigenvalue weighted by molar-refractivity contribution is 9.10. The zero-order valence-corrected chi connectivity index (χ0v) is 19.5. The molecule has 5 heteroatoms. The predicted octanol–water partition coefficient (Wildman–Crippen LogP) is 5.17. The van der Waals surface area contributed by atoms with E-state index in [0.717, 1.165) is 46.8 Å². The van der Waals surface area contributed by atoms with Gasteiger partial charge < -0.3 is 10.2 Å². The Morgan fingerprint density at radius 2 is 1.77 bits per heavy atom. The first-order valence-corrected chi connectivity index (χ1v) is 11.6. The third kappa shape index (κ3) is 6.43. The lowest BCUT2D eigenvalue weighted by atomic mass is 9.95. The van der Waals surface area contributed by atoms with Gasteiger partial charge in [0.05, 0.1) is 6.42 Å². The Kier molecular flexibility index (Phi) is 8.08. The Bertz CT molecular complexity index is 877. The summed E-state index contributed by atoms with van der Waals surface area (Å²) in [6.07, 6.45) is 5.91. The van der Waals surface area contributed by atoms with Crippen LogP contribution in [0.3, 0.4) is 0 Å². The quantitative estimate of drug-likeness (QED) is 0.606. The lowest BCUT2D eigenvalue weighted by Crippen LogP contribution is -2.50. The summed E-state index contributed by atoms with van der Waals surface area (Å²) in [4.78, 5) is 28.0. The van der Waals surface area contributed by atoms with Crippen molar-refractivity contribution in [1.29, 1.82) is 0 Å². The molecule has 1 saturated carbocycles. The Balaban J connectivity index is 1.76. The van der Waals surface area contributed by atoms with Crippen molar-refractivity contribution >= 4 is 27.7 Å². The fraction of sp³-hybridized carbons (Fsp3) is 0.440. The maximum atomic E-state index is 13.3. The minimum atomic E-state index is -0.525. The van der Waals surface area contributed by atoms with Crippen LogP contribution in [0.4, 0.5) is 0 Å². The van der Waals surface area contributed by atoms with E-state index < -0.39 is 6.04 Å². The van der Waals surface area contributed by atoms with E-state index >= 15 is 0 Å². The molecule has 0 radical (unpaired) electrons. The number of nitrogens with one attached hydrogen (secondary N) is 1. The first-order valence-electron chi connectivity index (χ1n) is 10.8. The first-order chi connectivity index (χ1) is 14.4. The number of hydrogen-bond acceptors (Lipinski definition) is 2. The summed E-state index contributed by atoms with van der Waals surface area (Å²) in [5, 5.41) is 3.18. The molecule has 0 bridgehead atoms. The smallest absolute Gasteiger partial charge is 0.242 e. The van der Waals surface area contributed by atoms with Gasteiger partial charge >= 0.3 is 0 Å². The molecule has 3 rings (SSSR count). The van der Waals surface area contributed by atoms with Gasteiger partial charge in [0, 0.05) is 17.1 Å². The lowest BCUT2D eigenvalue weighted by molar-refractivity contribution is -0.140. The summed E-state index contributed by atoms with van der Waals surface area (Å²) >= 11 is 3.50. The average molecular weight is 471 g/mol. The third-order valence-electron chi connectivity index (χ3n) is 5.80. The zero-order chi connectivity index (χ0) is 21.5. The molecule has 2 aromatic rings. The Labute approximate surface area is 188 Å². The van der Waals surface area contributed by atoms with Gasteiger partial charge in [-0.05, 0) is 49.9 Å². The standard InChI is InChI=1S/C25H31BrN2O2/c1-18-8-6-9-20(14-18)16-24(29)28(17-21-10-7-11-22(26)15-21)19(2)25(30)27-23-12-4-3-5-13-23/h6-11,14-15,19,23H,3-5,12-13,16-17H2,1-2H3,(H,27,30)/t19-/m0/s1. The number of rotatable bonds is 7. The van der Waals surface area contributed by atoms with Crippen molar-refractivity contribution < 1.29 is 9.59 Å². The minimum absolute atomic E-state index is 0.0353. The highest BCUT2D eigenvalue weighted by Gasteiger charge is 2.28. The van der Waals surface area contributed by atoms with E-state index in [-0.39, 0.29) is 24.3 Å². The molecule has 1 fully saturated rings. The highest BCUT2D eigenvalue weighted by atomic mass is 79.9. The number of carbonyl (C=O) groups is 2. The van der Waals surface area contributed by atoms with Crippen LogP contribution in [0.1, 0.15) is 55.7 Å². The van der Waals surface area contributed by atoms with Crippen LogP contribution < -0.4 is 5.32 Å². The van der Waals surface area contributed by atoms with E-state index in [1.807, 2.05) is 62.4 Å². The van der Waals surface area contributed by atoms with Gasteiger partial charge in [0.25, 0.3) is 0 Å². The molecule has 4 nitrogen and oxygen atoms in total. The normalized spacial score (nSPS) is 15.4. The van der Waals surface area contributed by atoms with Gasteiger partial charge in [-0.25, -0.2) is 0 Å². The summed E-state index contributed by atoms with van der Waals surface area (Å²) in [5.41, 5.74) is 3.10. The molecule has 1 atom stereocenters. The predicted molar refractivity (Wildman–Crippen MR) is 124 cm³/mol. The molecule has 0 spiro atoms. The van der Waals surface area contributed by atoms with Crippen LogP contribution in [-0.4, -0.2) is 28.8 Å². The molecule has 0 unspecified atom stereocenters. The van der Waals surface area contributed by atoms with Crippen molar-refractivity contribution in [3.05, 3.63) is 69.7 Å². The van der Waals surface area contributed by atoms with Crippen molar-refractivity contribution in [3.8, 4) is 0 Å². The number of benzene rings is 2. The van der Waals surface area contributed by atoms with Crippen LogP contribution in [0.25, 0.3) is 0 Å². The Hall–Kier alpha value is -2.14. The van der Waals surface area contributed by atoms with E-state index in [9.17, 15) is 9.59 Å². The number of halogens is 1. The summed E-state index contributed by atoms with van der Waals surface area (Å²) in [6.45, 7) is 4.26. The molecule has 1 N–H and O–H groups in total. The lowest BCUT2D eigenvalue weighted by Gasteiger charge is -2.31. The van der Waals surface area contributed by atoms with Crippen LogP contribution >= 0.6 is 15.9 Å². The van der Waals surface area contributed by atoms with Gasteiger partial charge in [-0.1, -0.05) is 77.2 Å². The first kappa shape index (κ1) is 22.5. The van der Waals surface area contributed by atoms with Crippen molar-refractivity contribution in [3.63, 3.8) is 0 Å². The van der Waals surface area contributed by atoms with Gasteiger partial charge in [-0.15, -0.1) is 0 Å². The zero-order valence-electron chi connectivity index (χ0n) is 17.9. The SMILES string of the molecule is Cc1cccc(CC(=O)N(Cc2cccc(Br)c2)[C@@H](C)C(=O)NC2CCCCC2)c1. The van der Waals surface area contributed by atoms with Gasteiger partial charge in [-0.2, -0.15) is 0 Å². The van der Waals surface area contributed by atoms with Gasteiger partial charge in [0.1, 0.15) is 6.04 Å². The third-order valence-corrected chi connectivity index (χ3v) is 6.29.